The average Bonchev–Trinajstić information content (AvgIpc) is 2.60. The van der Waals surface area contributed by atoms with Gasteiger partial charge in [-0.05, 0) is 13.0 Å². The zero-order valence-electron chi connectivity index (χ0n) is 13.1. The first-order valence-corrected chi connectivity index (χ1v) is 6.86. The molecule has 0 bridgehead atoms. The summed E-state index contributed by atoms with van der Waals surface area (Å²) in [6.07, 6.45) is 1.44. The Hall–Kier alpha value is -2.97. The number of ether oxygens (including phenoxy) is 3. The Morgan fingerprint density at radius 1 is 1.13 bits per heavy atom. The number of nitrogens with zero attached hydrogens (tertiary/aromatic N) is 4. The Morgan fingerprint density at radius 2 is 1.83 bits per heavy atom. The second-order valence-electron chi connectivity index (χ2n) is 4.23. The minimum atomic E-state index is -0.307. The number of aromatic nitrogens is 4. The first-order valence-electron chi connectivity index (χ1n) is 6.86. The summed E-state index contributed by atoms with van der Waals surface area (Å²) < 4.78 is 15.1. The minimum absolute atomic E-state index is 0.0985. The highest BCUT2D eigenvalue weighted by atomic mass is 16.5. The Labute approximate surface area is 133 Å². The van der Waals surface area contributed by atoms with E-state index in [9.17, 15) is 4.79 Å². The van der Waals surface area contributed by atoms with Crippen LogP contribution in [-0.4, -0.2) is 46.7 Å². The van der Waals surface area contributed by atoms with Crippen molar-refractivity contribution in [1.82, 2.24) is 25.3 Å². The topological polar surface area (TPSA) is 108 Å². The molecular formula is C14H17N5O4. The molecule has 1 N–H and O–H groups in total. The van der Waals surface area contributed by atoms with Crippen molar-refractivity contribution < 1.29 is 19.0 Å². The van der Waals surface area contributed by atoms with E-state index in [1.165, 1.54) is 20.4 Å². The summed E-state index contributed by atoms with van der Waals surface area (Å²) in [5.74, 6) is 0.482. The molecule has 2 aromatic rings. The van der Waals surface area contributed by atoms with Gasteiger partial charge in [-0.2, -0.15) is 9.97 Å². The molecule has 0 radical (unpaired) electrons. The van der Waals surface area contributed by atoms with Crippen molar-refractivity contribution in [2.75, 3.05) is 20.8 Å². The van der Waals surface area contributed by atoms with Crippen LogP contribution in [0.5, 0.6) is 17.9 Å². The van der Waals surface area contributed by atoms with Gasteiger partial charge in [0.25, 0.3) is 5.91 Å². The average molecular weight is 319 g/mol. The molecule has 2 heterocycles. The lowest BCUT2D eigenvalue weighted by molar-refractivity contribution is 0.0949. The number of pyridine rings is 1. The van der Waals surface area contributed by atoms with E-state index >= 15 is 0 Å². The molecule has 0 aliphatic rings. The van der Waals surface area contributed by atoms with Crippen LogP contribution in [0.1, 0.15) is 23.1 Å². The largest absolute Gasteiger partial charge is 0.478 e. The second kappa shape index (κ2) is 7.87. The van der Waals surface area contributed by atoms with E-state index in [2.05, 4.69) is 25.3 Å². The molecule has 0 unspecified atom stereocenters. The number of carbonyl (C=O) groups excluding carboxylic acids is 1. The van der Waals surface area contributed by atoms with Crippen molar-refractivity contribution >= 4 is 5.91 Å². The minimum Gasteiger partial charge on any atom is -0.478 e. The maximum Gasteiger partial charge on any atom is 0.322 e. The van der Waals surface area contributed by atoms with Gasteiger partial charge < -0.3 is 19.5 Å². The summed E-state index contributed by atoms with van der Waals surface area (Å²) in [5, 5.41) is 2.69. The van der Waals surface area contributed by atoms with Gasteiger partial charge in [-0.25, -0.2) is 4.98 Å². The lowest BCUT2D eigenvalue weighted by Crippen LogP contribution is -2.24. The lowest BCUT2D eigenvalue weighted by Gasteiger charge is -2.07. The van der Waals surface area contributed by atoms with E-state index in [1.807, 2.05) is 6.92 Å². The molecule has 2 aromatic heterocycles. The first-order chi connectivity index (χ1) is 11.2. The van der Waals surface area contributed by atoms with Gasteiger partial charge in [0.15, 0.2) is 5.82 Å². The maximum atomic E-state index is 12.1. The molecule has 0 saturated carbocycles. The number of methoxy groups -OCH3 is 2. The van der Waals surface area contributed by atoms with Crippen molar-refractivity contribution in [3.8, 4) is 17.9 Å². The molecule has 0 fully saturated rings. The highest BCUT2D eigenvalue weighted by Gasteiger charge is 2.10. The predicted molar refractivity (Wildman–Crippen MR) is 79.5 cm³/mol. The van der Waals surface area contributed by atoms with Gasteiger partial charge in [-0.15, -0.1) is 4.98 Å². The maximum absolute atomic E-state index is 12.1. The first kappa shape index (κ1) is 16.4. The van der Waals surface area contributed by atoms with Crippen LogP contribution in [0.4, 0.5) is 0 Å². The van der Waals surface area contributed by atoms with Crippen LogP contribution in [0.15, 0.2) is 18.3 Å². The van der Waals surface area contributed by atoms with Crippen LogP contribution < -0.4 is 19.5 Å². The number of carbonyl (C=O) groups is 1. The summed E-state index contributed by atoms with van der Waals surface area (Å²) in [5.41, 5.74) is 0.404. The third-order valence-corrected chi connectivity index (χ3v) is 2.70. The molecule has 0 atom stereocenters. The van der Waals surface area contributed by atoms with E-state index in [0.717, 1.165) is 0 Å². The zero-order chi connectivity index (χ0) is 16.7. The van der Waals surface area contributed by atoms with Crippen molar-refractivity contribution in [3.63, 3.8) is 0 Å². The molecule has 0 spiro atoms. The van der Waals surface area contributed by atoms with Gasteiger partial charge in [-0.3, -0.25) is 4.79 Å². The van der Waals surface area contributed by atoms with E-state index in [-0.39, 0.29) is 24.5 Å². The number of nitrogens with one attached hydrogen (secondary N) is 1. The van der Waals surface area contributed by atoms with Crippen molar-refractivity contribution in [2.24, 2.45) is 0 Å². The summed E-state index contributed by atoms with van der Waals surface area (Å²) in [4.78, 5) is 28.0. The van der Waals surface area contributed by atoms with E-state index in [1.54, 1.807) is 12.1 Å². The van der Waals surface area contributed by atoms with Crippen LogP contribution >= 0.6 is 0 Å². The summed E-state index contributed by atoms with van der Waals surface area (Å²) in [6, 6.07) is 3.49. The molecule has 0 aliphatic carbocycles. The van der Waals surface area contributed by atoms with Gasteiger partial charge in [0, 0.05) is 12.3 Å². The lowest BCUT2D eigenvalue weighted by atomic mass is 10.2. The monoisotopic (exact) mass is 319 g/mol. The number of amides is 1. The standard InChI is InChI=1S/C14H17N5O4/c1-4-23-11-6-5-9(7-15-11)12(20)16-8-10-17-13(21-2)19-14(18-10)22-3/h5-7H,4,8H2,1-3H3,(H,16,20). The molecule has 9 nitrogen and oxygen atoms in total. The van der Waals surface area contributed by atoms with Crippen LogP contribution in [-0.2, 0) is 6.54 Å². The van der Waals surface area contributed by atoms with Crippen LogP contribution in [0, 0.1) is 0 Å². The fourth-order valence-corrected chi connectivity index (χ4v) is 1.65. The molecule has 0 aromatic carbocycles. The van der Waals surface area contributed by atoms with Gasteiger partial charge in [0.2, 0.25) is 5.88 Å². The van der Waals surface area contributed by atoms with Gasteiger partial charge in [-0.1, -0.05) is 0 Å². The highest BCUT2D eigenvalue weighted by Crippen LogP contribution is 2.10. The summed E-state index contributed by atoms with van der Waals surface area (Å²) in [6.45, 7) is 2.47. The number of hydrogen-bond acceptors (Lipinski definition) is 8. The third-order valence-electron chi connectivity index (χ3n) is 2.70. The summed E-state index contributed by atoms with van der Waals surface area (Å²) in [7, 11) is 2.87. The van der Waals surface area contributed by atoms with Crippen molar-refractivity contribution in [2.45, 2.75) is 13.5 Å². The Kier molecular flexibility index (Phi) is 5.61. The Morgan fingerprint density at radius 3 is 2.35 bits per heavy atom. The van der Waals surface area contributed by atoms with E-state index in [4.69, 9.17) is 14.2 Å². The Bertz CT molecular complexity index is 640. The SMILES string of the molecule is CCOc1ccc(C(=O)NCc2nc(OC)nc(OC)n2)cn1. The van der Waals surface area contributed by atoms with Gasteiger partial charge in [0.1, 0.15) is 0 Å². The molecular weight excluding hydrogens is 302 g/mol. The molecule has 1 amide bonds. The third kappa shape index (κ3) is 4.50. The van der Waals surface area contributed by atoms with Crippen LogP contribution in [0.3, 0.4) is 0 Å². The van der Waals surface area contributed by atoms with Gasteiger partial charge >= 0.3 is 12.0 Å². The molecule has 23 heavy (non-hydrogen) atoms. The van der Waals surface area contributed by atoms with Gasteiger partial charge in [0.05, 0.1) is 32.9 Å². The van der Waals surface area contributed by atoms with E-state index < -0.39 is 0 Å². The number of rotatable bonds is 7. The van der Waals surface area contributed by atoms with Crippen LogP contribution in [0.25, 0.3) is 0 Å². The van der Waals surface area contributed by atoms with E-state index in [0.29, 0.717) is 23.9 Å². The zero-order valence-corrected chi connectivity index (χ0v) is 13.1. The van der Waals surface area contributed by atoms with Crippen molar-refractivity contribution in [3.05, 3.63) is 29.7 Å². The molecule has 0 aliphatic heterocycles. The fourth-order valence-electron chi connectivity index (χ4n) is 1.65. The van der Waals surface area contributed by atoms with Crippen LogP contribution in [0.2, 0.25) is 0 Å². The molecule has 2 rings (SSSR count). The fraction of sp³-hybridized carbons (Fsp3) is 0.357. The molecule has 122 valence electrons. The quantitative estimate of drug-likeness (QED) is 0.791. The second-order valence-corrected chi connectivity index (χ2v) is 4.23. The highest BCUT2D eigenvalue weighted by molar-refractivity contribution is 5.93. The smallest absolute Gasteiger partial charge is 0.322 e. The molecule has 0 saturated heterocycles. The number of hydrogen-bond donors (Lipinski definition) is 1. The normalized spacial score (nSPS) is 10.0. The predicted octanol–water partition coefficient (Wildman–Crippen LogP) is 0.612. The summed E-state index contributed by atoms with van der Waals surface area (Å²) >= 11 is 0. The van der Waals surface area contributed by atoms with Crippen molar-refractivity contribution in [1.29, 1.82) is 0 Å². The Balaban J connectivity index is 2.01. The molecule has 9 heteroatoms.